The van der Waals surface area contributed by atoms with Crippen molar-refractivity contribution >= 4 is 11.6 Å². The van der Waals surface area contributed by atoms with Crippen LogP contribution >= 0.6 is 0 Å². The van der Waals surface area contributed by atoms with E-state index in [-0.39, 0.29) is 5.91 Å². The molecule has 6 nitrogen and oxygen atoms in total. The predicted octanol–water partition coefficient (Wildman–Crippen LogP) is 2.65. The largest absolute Gasteiger partial charge is 0.492 e. The van der Waals surface area contributed by atoms with E-state index in [1.165, 1.54) is 0 Å². The Hall–Kier alpha value is -3.15. The molecule has 3 aromatic rings. The van der Waals surface area contributed by atoms with Crippen LogP contribution in [0.2, 0.25) is 0 Å². The van der Waals surface area contributed by atoms with Gasteiger partial charge in [0, 0.05) is 49.6 Å². The molecule has 138 valence electrons. The van der Waals surface area contributed by atoms with Crippen LogP contribution in [0.4, 0.5) is 5.69 Å². The minimum absolute atomic E-state index is 0.177. The van der Waals surface area contributed by atoms with Gasteiger partial charge in [-0.05, 0) is 24.6 Å². The Kier molecular flexibility index (Phi) is 4.62. The molecule has 0 N–H and O–H groups in total. The third kappa shape index (κ3) is 3.43. The lowest BCUT2D eigenvalue weighted by Crippen LogP contribution is -2.29. The van der Waals surface area contributed by atoms with Gasteiger partial charge >= 0.3 is 0 Å². The van der Waals surface area contributed by atoms with Crippen molar-refractivity contribution < 1.29 is 14.1 Å². The SMILES string of the molecule is COc1cc(N2CCCC2=O)ccc1-[n+]1cc(C)n(Cc2cccnc2)c1. The van der Waals surface area contributed by atoms with Crippen molar-refractivity contribution in [1.82, 2.24) is 9.55 Å². The zero-order valence-corrected chi connectivity index (χ0v) is 15.6. The summed E-state index contributed by atoms with van der Waals surface area (Å²) in [4.78, 5) is 18.0. The molecule has 4 rings (SSSR count). The lowest BCUT2D eigenvalue weighted by atomic mass is 10.2. The van der Waals surface area contributed by atoms with Crippen LogP contribution in [-0.4, -0.2) is 29.1 Å². The molecule has 1 aromatic carbocycles. The Morgan fingerprint density at radius 2 is 2.19 bits per heavy atom. The summed E-state index contributed by atoms with van der Waals surface area (Å²) >= 11 is 0. The average Bonchev–Trinajstić information content (AvgIpc) is 3.28. The fourth-order valence-electron chi connectivity index (χ4n) is 3.50. The van der Waals surface area contributed by atoms with Crippen molar-refractivity contribution in [3.05, 3.63) is 66.5 Å². The van der Waals surface area contributed by atoms with Crippen molar-refractivity contribution in [3.63, 3.8) is 0 Å². The maximum Gasteiger partial charge on any atom is 0.249 e. The summed E-state index contributed by atoms with van der Waals surface area (Å²) in [7, 11) is 1.66. The molecular formula is C21H23N4O2+. The van der Waals surface area contributed by atoms with Crippen molar-refractivity contribution in [2.24, 2.45) is 0 Å². The molecule has 1 saturated heterocycles. The minimum Gasteiger partial charge on any atom is -0.492 e. The molecule has 1 fully saturated rings. The Labute approximate surface area is 158 Å². The zero-order valence-electron chi connectivity index (χ0n) is 15.6. The van der Waals surface area contributed by atoms with Gasteiger partial charge in [0.15, 0.2) is 11.4 Å². The van der Waals surface area contributed by atoms with E-state index in [4.69, 9.17) is 4.74 Å². The smallest absolute Gasteiger partial charge is 0.249 e. The van der Waals surface area contributed by atoms with Gasteiger partial charge in [-0.15, -0.1) is 0 Å². The second kappa shape index (κ2) is 7.23. The normalized spacial score (nSPS) is 14.0. The first-order valence-electron chi connectivity index (χ1n) is 9.11. The summed E-state index contributed by atoms with van der Waals surface area (Å²) in [5, 5.41) is 0. The molecular weight excluding hydrogens is 340 g/mol. The number of rotatable bonds is 5. The van der Waals surface area contributed by atoms with Crippen molar-refractivity contribution in [1.29, 1.82) is 0 Å². The molecule has 0 radical (unpaired) electrons. The fraction of sp³-hybridized carbons (Fsp3) is 0.286. The highest BCUT2D eigenvalue weighted by Crippen LogP contribution is 2.28. The molecule has 1 amide bonds. The number of ether oxygens (including phenoxy) is 1. The monoisotopic (exact) mass is 363 g/mol. The first-order valence-corrected chi connectivity index (χ1v) is 9.11. The van der Waals surface area contributed by atoms with Gasteiger partial charge in [-0.25, -0.2) is 4.57 Å². The molecule has 1 aliphatic heterocycles. The maximum absolute atomic E-state index is 12.0. The molecule has 3 heterocycles. The predicted molar refractivity (Wildman–Crippen MR) is 102 cm³/mol. The number of methoxy groups -OCH3 is 1. The molecule has 0 unspecified atom stereocenters. The summed E-state index contributed by atoms with van der Waals surface area (Å²) < 4.78 is 9.86. The molecule has 27 heavy (non-hydrogen) atoms. The van der Waals surface area contributed by atoms with Gasteiger partial charge in [-0.1, -0.05) is 6.07 Å². The standard InChI is InChI=1S/C21H23N4O2/c1-16-13-24(15-23(16)14-17-5-3-9-22-12-17)19-8-7-18(11-20(19)27-2)25-10-4-6-21(25)26/h3,5,7-9,11-13,15H,4,6,10,14H2,1-2H3/q+1. The quantitative estimate of drug-likeness (QED) is 0.655. The van der Waals surface area contributed by atoms with Crippen molar-refractivity contribution in [2.45, 2.75) is 26.3 Å². The highest BCUT2D eigenvalue weighted by Gasteiger charge is 2.24. The zero-order chi connectivity index (χ0) is 18.8. The molecule has 1 aliphatic rings. The fourth-order valence-corrected chi connectivity index (χ4v) is 3.50. The van der Waals surface area contributed by atoms with E-state index < -0.39 is 0 Å². The topological polar surface area (TPSA) is 51.2 Å². The van der Waals surface area contributed by atoms with Crippen LogP contribution in [0.25, 0.3) is 5.69 Å². The van der Waals surface area contributed by atoms with E-state index in [0.29, 0.717) is 6.42 Å². The van der Waals surface area contributed by atoms with Gasteiger partial charge in [0.1, 0.15) is 18.4 Å². The number of carbonyl (C=O) groups is 1. The van der Waals surface area contributed by atoms with E-state index in [9.17, 15) is 4.79 Å². The van der Waals surface area contributed by atoms with E-state index in [1.807, 2.05) is 35.4 Å². The van der Waals surface area contributed by atoms with Crippen LogP contribution < -0.4 is 14.2 Å². The summed E-state index contributed by atoms with van der Waals surface area (Å²) in [5.41, 5.74) is 4.13. The van der Waals surface area contributed by atoms with Crippen LogP contribution in [0.1, 0.15) is 24.1 Å². The number of hydrogen-bond donors (Lipinski definition) is 0. The number of aromatic nitrogens is 3. The Bertz CT molecular complexity index is 966. The molecule has 2 aromatic heterocycles. The third-order valence-electron chi connectivity index (χ3n) is 4.95. The highest BCUT2D eigenvalue weighted by molar-refractivity contribution is 5.95. The van der Waals surface area contributed by atoms with Crippen molar-refractivity contribution in [3.8, 4) is 11.4 Å². The molecule has 0 spiro atoms. The molecule has 6 heteroatoms. The van der Waals surface area contributed by atoms with Crippen molar-refractivity contribution in [2.75, 3.05) is 18.6 Å². The Morgan fingerprint density at radius 1 is 1.30 bits per heavy atom. The van der Waals surface area contributed by atoms with E-state index in [1.54, 1.807) is 13.3 Å². The van der Waals surface area contributed by atoms with Gasteiger partial charge in [0.05, 0.1) is 7.11 Å². The summed E-state index contributed by atoms with van der Waals surface area (Å²) in [6, 6.07) is 9.96. The first kappa shape index (κ1) is 17.3. The molecule has 0 atom stereocenters. The van der Waals surface area contributed by atoms with Gasteiger partial charge in [-0.2, -0.15) is 4.57 Å². The Balaban J connectivity index is 1.65. The number of anilines is 1. The highest BCUT2D eigenvalue weighted by atomic mass is 16.5. The lowest BCUT2D eigenvalue weighted by molar-refractivity contribution is -0.595. The van der Waals surface area contributed by atoms with E-state index in [0.717, 1.165) is 47.9 Å². The number of pyridine rings is 1. The number of aryl methyl sites for hydroxylation is 1. The first-order chi connectivity index (χ1) is 13.2. The maximum atomic E-state index is 12.0. The number of hydrogen-bond acceptors (Lipinski definition) is 3. The third-order valence-corrected chi connectivity index (χ3v) is 4.95. The average molecular weight is 363 g/mol. The summed E-state index contributed by atoms with van der Waals surface area (Å²) in [6.45, 7) is 3.61. The van der Waals surface area contributed by atoms with Crippen LogP contribution in [0, 0.1) is 6.92 Å². The number of benzene rings is 1. The van der Waals surface area contributed by atoms with Crippen LogP contribution in [0.3, 0.4) is 0 Å². The number of carbonyl (C=O) groups excluding carboxylic acids is 1. The molecule has 0 saturated carbocycles. The molecule has 0 bridgehead atoms. The Morgan fingerprint density at radius 3 is 2.89 bits per heavy atom. The second-order valence-corrected chi connectivity index (χ2v) is 6.79. The van der Waals surface area contributed by atoms with Crippen LogP contribution in [-0.2, 0) is 11.3 Å². The van der Waals surface area contributed by atoms with Gasteiger partial charge < -0.3 is 9.64 Å². The number of amides is 1. The van der Waals surface area contributed by atoms with Crippen LogP contribution in [0.5, 0.6) is 5.75 Å². The summed E-state index contributed by atoms with van der Waals surface area (Å²) in [6.07, 6.45) is 9.33. The second-order valence-electron chi connectivity index (χ2n) is 6.79. The lowest BCUT2D eigenvalue weighted by Gasteiger charge is -2.17. The summed E-state index contributed by atoms with van der Waals surface area (Å²) in [5.74, 6) is 0.923. The number of nitrogens with zero attached hydrogens (tertiary/aromatic N) is 4. The van der Waals surface area contributed by atoms with Gasteiger partial charge in [0.2, 0.25) is 12.2 Å². The van der Waals surface area contributed by atoms with Crippen LogP contribution in [0.15, 0.2) is 55.2 Å². The van der Waals surface area contributed by atoms with Gasteiger partial charge in [0.25, 0.3) is 0 Å². The van der Waals surface area contributed by atoms with E-state index >= 15 is 0 Å². The van der Waals surface area contributed by atoms with E-state index in [2.05, 4.69) is 39.6 Å². The molecule has 0 aliphatic carbocycles. The number of imidazole rings is 1. The minimum atomic E-state index is 0.177. The van der Waals surface area contributed by atoms with Gasteiger partial charge in [-0.3, -0.25) is 9.78 Å².